The van der Waals surface area contributed by atoms with Crippen LogP contribution in [-0.2, 0) is 16.1 Å². The van der Waals surface area contributed by atoms with Crippen molar-refractivity contribution in [1.29, 1.82) is 0 Å². The Labute approximate surface area is 186 Å². The molecule has 0 saturated carbocycles. The fourth-order valence-corrected chi connectivity index (χ4v) is 4.69. The van der Waals surface area contributed by atoms with Gasteiger partial charge >= 0.3 is 6.09 Å². The zero-order chi connectivity index (χ0) is 22.8. The van der Waals surface area contributed by atoms with Gasteiger partial charge in [0.1, 0.15) is 17.0 Å². The van der Waals surface area contributed by atoms with Gasteiger partial charge in [-0.15, -0.1) is 11.3 Å². The lowest BCUT2D eigenvalue weighted by atomic mass is 10.0. The van der Waals surface area contributed by atoms with Gasteiger partial charge in [-0.3, -0.25) is 4.79 Å². The zero-order valence-electron chi connectivity index (χ0n) is 18.9. The third-order valence-electron chi connectivity index (χ3n) is 4.97. The Balaban J connectivity index is 1.71. The highest BCUT2D eigenvalue weighted by molar-refractivity contribution is 7.20. The molecule has 31 heavy (non-hydrogen) atoms. The van der Waals surface area contributed by atoms with Gasteiger partial charge in [-0.1, -0.05) is 0 Å². The highest BCUT2D eigenvalue weighted by Gasteiger charge is 2.29. The van der Waals surface area contributed by atoms with Crippen LogP contribution in [0.3, 0.4) is 0 Å². The summed E-state index contributed by atoms with van der Waals surface area (Å²) < 4.78 is 15.9. The van der Waals surface area contributed by atoms with Crippen molar-refractivity contribution in [2.24, 2.45) is 0 Å². The maximum absolute atomic E-state index is 13.2. The predicted molar refractivity (Wildman–Crippen MR) is 118 cm³/mol. The van der Waals surface area contributed by atoms with E-state index in [2.05, 4.69) is 15.3 Å². The van der Waals surface area contributed by atoms with Crippen molar-refractivity contribution in [3.63, 3.8) is 0 Å². The quantitative estimate of drug-likeness (QED) is 0.746. The summed E-state index contributed by atoms with van der Waals surface area (Å²) >= 11 is 1.35. The molecule has 0 aromatic carbocycles. The molecule has 1 aliphatic heterocycles. The third-order valence-corrected chi connectivity index (χ3v) is 6.14. The smallest absolute Gasteiger partial charge is 0.407 e. The maximum Gasteiger partial charge on any atom is 0.407 e. The molecule has 2 aromatic heterocycles. The number of likely N-dealkylation sites (tertiary alicyclic amines) is 1. The normalized spacial score (nSPS) is 15.2. The predicted octanol–water partition coefficient (Wildman–Crippen LogP) is 3.28. The fraction of sp³-hybridized carbons (Fsp3) is 0.619. The first kappa shape index (κ1) is 23.2. The fourth-order valence-electron chi connectivity index (χ4n) is 3.53. The third kappa shape index (κ3) is 5.43. The van der Waals surface area contributed by atoms with Gasteiger partial charge in [-0.05, 0) is 46.1 Å². The Bertz CT molecular complexity index is 961. The number of alkyl carbamates (subject to hydrolysis) is 1. The van der Waals surface area contributed by atoms with Crippen LogP contribution in [0.15, 0.2) is 0 Å². The minimum Gasteiger partial charge on any atom is -0.480 e. The number of fused-ring (bicyclic) bond motifs is 1. The number of carbonyl (C=O) groups excluding carboxylic acids is 2. The van der Waals surface area contributed by atoms with E-state index in [1.807, 2.05) is 32.6 Å². The minimum atomic E-state index is -0.535. The number of rotatable bonds is 5. The molecule has 3 heterocycles. The van der Waals surface area contributed by atoms with Crippen LogP contribution in [0.25, 0.3) is 10.2 Å². The van der Waals surface area contributed by atoms with E-state index in [1.54, 1.807) is 14.2 Å². The summed E-state index contributed by atoms with van der Waals surface area (Å²) in [5, 5.41) is 3.66. The van der Waals surface area contributed by atoms with Crippen LogP contribution in [0.2, 0.25) is 0 Å². The molecule has 2 aromatic rings. The molecule has 0 atom stereocenters. The van der Waals surface area contributed by atoms with E-state index in [4.69, 9.17) is 14.2 Å². The van der Waals surface area contributed by atoms with Gasteiger partial charge in [0.05, 0.1) is 17.4 Å². The number of thiophene rings is 1. The van der Waals surface area contributed by atoms with Gasteiger partial charge < -0.3 is 24.4 Å². The van der Waals surface area contributed by atoms with Crippen molar-refractivity contribution in [3.8, 4) is 5.88 Å². The summed E-state index contributed by atoms with van der Waals surface area (Å²) in [6.45, 7) is 8.78. The first-order valence-corrected chi connectivity index (χ1v) is 11.1. The molecule has 0 bridgehead atoms. The van der Waals surface area contributed by atoms with E-state index < -0.39 is 11.7 Å². The Kier molecular flexibility index (Phi) is 7.00. The number of ether oxygens (including phenoxy) is 3. The summed E-state index contributed by atoms with van der Waals surface area (Å²) in [5.74, 6) is 0.929. The van der Waals surface area contributed by atoms with Gasteiger partial charge in [-0.2, -0.15) is 4.98 Å². The second-order valence-corrected chi connectivity index (χ2v) is 9.53. The van der Waals surface area contributed by atoms with Crippen molar-refractivity contribution in [1.82, 2.24) is 20.2 Å². The monoisotopic (exact) mass is 450 g/mol. The van der Waals surface area contributed by atoms with E-state index in [-0.39, 0.29) is 18.6 Å². The van der Waals surface area contributed by atoms with Crippen molar-refractivity contribution < 1.29 is 23.8 Å². The highest BCUT2D eigenvalue weighted by atomic mass is 32.1. The van der Waals surface area contributed by atoms with Crippen LogP contribution in [0, 0.1) is 6.92 Å². The van der Waals surface area contributed by atoms with E-state index in [0.717, 1.165) is 10.9 Å². The molecule has 2 amide bonds. The average Bonchev–Trinajstić information content (AvgIpc) is 3.02. The summed E-state index contributed by atoms with van der Waals surface area (Å²) in [4.78, 5) is 37.3. The lowest BCUT2D eigenvalue weighted by molar-refractivity contribution is 0.0474. The molecular formula is C21H30N4O5S. The largest absolute Gasteiger partial charge is 0.480 e. The number of amides is 2. The van der Waals surface area contributed by atoms with Crippen molar-refractivity contribution in [3.05, 3.63) is 16.3 Å². The number of nitrogens with zero attached hydrogens (tertiary/aromatic N) is 3. The number of hydrogen-bond acceptors (Lipinski definition) is 8. The molecule has 0 unspecified atom stereocenters. The number of aryl methyl sites for hydroxylation is 1. The Hall–Kier alpha value is -2.46. The van der Waals surface area contributed by atoms with Crippen LogP contribution >= 0.6 is 11.3 Å². The molecule has 3 rings (SSSR count). The molecule has 170 valence electrons. The summed E-state index contributed by atoms with van der Waals surface area (Å²) in [6.07, 6.45) is 0.932. The van der Waals surface area contributed by atoms with Crippen LogP contribution in [-0.4, -0.2) is 65.8 Å². The molecule has 0 aliphatic carbocycles. The van der Waals surface area contributed by atoms with Gasteiger partial charge in [0.2, 0.25) is 5.88 Å². The molecule has 1 saturated heterocycles. The number of hydrogen-bond donors (Lipinski definition) is 1. The molecule has 1 fully saturated rings. The maximum atomic E-state index is 13.2. The highest BCUT2D eigenvalue weighted by Crippen LogP contribution is 2.36. The summed E-state index contributed by atoms with van der Waals surface area (Å²) in [6, 6.07) is -0.00929. The Morgan fingerprint density at radius 2 is 1.87 bits per heavy atom. The topological polar surface area (TPSA) is 103 Å². The standard InChI is InChI=1S/C21H30N4O5S/c1-12-15-17(29-6)23-14(11-28-5)24-18(15)31-16(12)19(26)25-9-7-13(8-10-25)22-20(27)30-21(2,3)4/h13H,7-11H2,1-6H3,(H,22,27). The molecule has 0 spiro atoms. The summed E-state index contributed by atoms with van der Waals surface area (Å²) in [7, 11) is 3.13. The number of methoxy groups -OCH3 is 2. The Morgan fingerprint density at radius 3 is 2.45 bits per heavy atom. The van der Waals surface area contributed by atoms with Crippen LogP contribution < -0.4 is 10.1 Å². The van der Waals surface area contributed by atoms with E-state index in [1.165, 1.54) is 11.3 Å². The molecule has 0 radical (unpaired) electrons. The van der Waals surface area contributed by atoms with Gasteiger partial charge in [0, 0.05) is 26.2 Å². The lowest BCUT2D eigenvalue weighted by Crippen LogP contribution is -2.47. The van der Waals surface area contributed by atoms with Gasteiger partial charge in [0.15, 0.2) is 5.82 Å². The SMILES string of the molecule is COCc1nc(OC)c2c(C)c(C(=O)N3CCC(NC(=O)OC(C)(C)C)CC3)sc2n1. The molecule has 10 heteroatoms. The van der Waals surface area contributed by atoms with Gasteiger partial charge in [-0.25, -0.2) is 9.78 Å². The number of piperidine rings is 1. The average molecular weight is 451 g/mol. The van der Waals surface area contributed by atoms with Crippen LogP contribution in [0.4, 0.5) is 4.79 Å². The van der Waals surface area contributed by atoms with Crippen LogP contribution in [0.1, 0.15) is 54.7 Å². The minimum absolute atomic E-state index is 0.00929. The van der Waals surface area contributed by atoms with Crippen molar-refractivity contribution >= 4 is 33.6 Å². The Morgan fingerprint density at radius 1 is 1.19 bits per heavy atom. The van der Waals surface area contributed by atoms with Crippen LogP contribution in [0.5, 0.6) is 5.88 Å². The van der Waals surface area contributed by atoms with Gasteiger partial charge in [0.25, 0.3) is 5.91 Å². The van der Waals surface area contributed by atoms with E-state index in [9.17, 15) is 9.59 Å². The van der Waals surface area contributed by atoms with Crippen molar-refractivity contribution in [2.75, 3.05) is 27.3 Å². The molecule has 9 nitrogen and oxygen atoms in total. The van der Waals surface area contributed by atoms with E-state index >= 15 is 0 Å². The van der Waals surface area contributed by atoms with E-state index in [0.29, 0.717) is 47.3 Å². The second-order valence-electron chi connectivity index (χ2n) is 8.53. The molecule has 1 N–H and O–H groups in total. The lowest BCUT2D eigenvalue weighted by Gasteiger charge is -2.32. The first-order valence-electron chi connectivity index (χ1n) is 10.2. The summed E-state index contributed by atoms with van der Waals surface area (Å²) in [5.41, 5.74) is 0.284. The molecular weight excluding hydrogens is 420 g/mol. The number of carbonyl (C=O) groups is 2. The zero-order valence-corrected chi connectivity index (χ0v) is 19.7. The number of aromatic nitrogens is 2. The van der Waals surface area contributed by atoms with Crippen molar-refractivity contribution in [2.45, 2.75) is 58.8 Å². The first-order chi connectivity index (χ1) is 14.6. The molecule has 1 aliphatic rings. The second kappa shape index (κ2) is 9.35. The number of nitrogens with one attached hydrogen (secondary N) is 1.